The lowest BCUT2D eigenvalue weighted by Crippen LogP contribution is -2.58. The minimum absolute atomic E-state index is 0.0282. The fourth-order valence-corrected chi connectivity index (χ4v) is 5.24. The van der Waals surface area contributed by atoms with Gasteiger partial charge in [0, 0.05) is 23.6 Å². The van der Waals surface area contributed by atoms with Gasteiger partial charge in [-0.05, 0) is 35.9 Å². The second-order valence-electron chi connectivity index (χ2n) is 10.8. The van der Waals surface area contributed by atoms with Gasteiger partial charge in [0.15, 0.2) is 18.8 Å². The molecule has 0 aromatic heterocycles. The Hall–Kier alpha value is -4.17. The molecule has 0 aliphatic carbocycles. The summed E-state index contributed by atoms with van der Waals surface area (Å²) in [4.78, 5) is 38.6. The molecule has 3 aromatic carbocycles. The SMILES string of the molecule is CC1CC[N+](C)(CC(=O)c2ccc3c(c2)NC(=O)CO3)C[C@@H]1OC(=O)[C@H](Nc1ccccc1)c1ccccc1. The number of likely N-dealkylation sites (N-methyl/N-ethyl adjacent to an activating group) is 1. The summed E-state index contributed by atoms with van der Waals surface area (Å²) in [6.45, 7) is 3.67. The summed E-state index contributed by atoms with van der Waals surface area (Å²) in [5.41, 5.74) is 2.68. The van der Waals surface area contributed by atoms with Crippen molar-refractivity contribution in [1.82, 2.24) is 0 Å². The van der Waals surface area contributed by atoms with Crippen molar-refractivity contribution < 1.29 is 28.3 Å². The van der Waals surface area contributed by atoms with Gasteiger partial charge in [0.05, 0.1) is 19.3 Å². The Morgan fingerprint density at radius 3 is 2.54 bits per heavy atom. The van der Waals surface area contributed by atoms with Gasteiger partial charge >= 0.3 is 5.97 Å². The van der Waals surface area contributed by atoms with Gasteiger partial charge < -0.3 is 24.6 Å². The second kappa shape index (κ2) is 11.3. The highest BCUT2D eigenvalue weighted by atomic mass is 16.5. The molecule has 4 atom stereocenters. The maximum absolute atomic E-state index is 13.6. The maximum atomic E-state index is 13.6. The third kappa shape index (κ3) is 6.29. The summed E-state index contributed by atoms with van der Waals surface area (Å²) < 4.78 is 12.0. The largest absolute Gasteiger partial charge is 0.482 e. The molecule has 5 rings (SSSR count). The van der Waals surface area contributed by atoms with Crippen molar-refractivity contribution in [1.29, 1.82) is 0 Å². The molecule has 0 saturated carbocycles. The van der Waals surface area contributed by atoms with Crippen LogP contribution in [0.25, 0.3) is 0 Å². The number of anilines is 2. The number of nitrogens with zero attached hydrogens (tertiary/aromatic N) is 1. The number of fused-ring (bicyclic) bond motifs is 1. The third-order valence-corrected chi connectivity index (χ3v) is 7.56. The van der Waals surface area contributed by atoms with Crippen LogP contribution in [0.15, 0.2) is 78.9 Å². The molecule has 2 aliphatic heterocycles. The van der Waals surface area contributed by atoms with Crippen molar-refractivity contribution in [2.45, 2.75) is 25.5 Å². The average molecular weight is 529 g/mol. The zero-order valence-corrected chi connectivity index (χ0v) is 22.3. The molecule has 202 valence electrons. The summed E-state index contributed by atoms with van der Waals surface area (Å²) in [6.07, 6.45) is 0.502. The minimum Gasteiger partial charge on any atom is -0.482 e. The van der Waals surface area contributed by atoms with Crippen LogP contribution in [-0.2, 0) is 14.3 Å². The maximum Gasteiger partial charge on any atom is 0.333 e. The summed E-state index contributed by atoms with van der Waals surface area (Å²) in [5.74, 6) is 0.109. The predicted molar refractivity (Wildman–Crippen MR) is 149 cm³/mol. The van der Waals surface area contributed by atoms with Crippen molar-refractivity contribution in [3.63, 3.8) is 0 Å². The fourth-order valence-electron chi connectivity index (χ4n) is 5.24. The number of hydrogen-bond donors (Lipinski definition) is 2. The molecule has 2 heterocycles. The van der Waals surface area contributed by atoms with Crippen LogP contribution >= 0.6 is 0 Å². The first-order valence-corrected chi connectivity index (χ1v) is 13.3. The summed E-state index contributed by atoms with van der Waals surface area (Å²) in [7, 11) is 2.03. The van der Waals surface area contributed by atoms with E-state index in [1.165, 1.54) is 0 Å². The van der Waals surface area contributed by atoms with Gasteiger partial charge in [-0.3, -0.25) is 9.59 Å². The number of quaternary nitrogens is 1. The van der Waals surface area contributed by atoms with Gasteiger partial charge in [-0.1, -0.05) is 55.5 Å². The molecule has 0 bridgehead atoms. The first-order valence-electron chi connectivity index (χ1n) is 13.3. The Labute approximate surface area is 228 Å². The van der Waals surface area contributed by atoms with Gasteiger partial charge in [-0.2, -0.15) is 0 Å². The number of esters is 1. The molecular formula is C31H34N3O5+. The van der Waals surface area contributed by atoms with Gasteiger partial charge in [0.25, 0.3) is 5.91 Å². The topological polar surface area (TPSA) is 93.7 Å². The van der Waals surface area contributed by atoms with E-state index < -0.39 is 6.04 Å². The van der Waals surface area contributed by atoms with E-state index in [0.717, 1.165) is 24.2 Å². The van der Waals surface area contributed by atoms with E-state index in [0.29, 0.717) is 28.0 Å². The van der Waals surface area contributed by atoms with Gasteiger partial charge in [-0.25, -0.2) is 4.79 Å². The van der Waals surface area contributed by atoms with E-state index in [-0.39, 0.29) is 42.8 Å². The van der Waals surface area contributed by atoms with Crippen molar-refractivity contribution in [2.75, 3.05) is 43.9 Å². The van der Waals surface area contributed by atoms with Crippen LogP contribution in [-0.4, -0.2) is 61.5 Å². The average Bonchev–Trinajstić information content (AvgIpc) is 2.94. The molecular weight excluding hydrogens is 494 g/mol. The number of ketones is 1. The Morgan fingerprint density at radius 1 is 1.08 bits per heavy atom. The van der Waals surface area contributed by atoms with Crippen molar-refractivity contribution in [2.24, 2.45) is 5.92 Å². The number of carbonyl (C=O) groups is 3. The van der Waals surface area contributed by atoms with Gasteiger partial charge in [0.1, 0.15) is 18.8 Å². The summed E-state index contributed by atoms with van der Waals surface area (Å²) in [6, 6.07) is 23.6. The molecule has 1 amide bonds. The molecule has 0 spiro atoms. The number of benzene rings is 3. The fraction of sp³-hybridized carbons (Fsp3) is 0.323. The number of hydrogen-bond acceptors (Lipinski definition) is 6. The lowest BCUT2D eigenvalue weighted by Gasteiger charge is -2.43. The smallest absolute Gasteiger partial charge is 0.333 e. The summed E-state index contributed by atoms with van der Waals surface area (Å²) in [5, 5.41) is 6.09. The molecule has 2 unspecified atom stereocenters. The van der Waals surface area contributed by atoms with E-state index in [2.05, 4.69) is 17.6 Å². The van der Waals surface area contributed by atoms with Gasteiger partial charge in [0.2, 0.25) is 5.78 Å². The molecule has 8 nitrogen and oxygen atoms in total. The first-order chi connectivity index (χ1) is 18.8. The highest BCUT2D eigenvalue weighted by Crippen LogP contribution is 2.31. The molecule has 1 saturated heterocycles. The Balaban J connectivity index is 1.29. The van der Waals surface area contributed by atoms with Crippen LogP contribution in [0, 0.1) is 5.92 Å². The van der Waals surface area contributed by atoms with E-state index in [1.54, 1.807) is 18.2 Å². The zero-order chi connectivity index (χ0) is 27.4. The number of carbonyl (C=O) groups excluding carboxylic acids is 3. The molecule has 3 aromatic rings. The Morgan fingerprint density at radius 2 is 1.79 bits per heavy atom. The van der Waals surface area contributed by atoms with Crippen LogP contribution in [0.4, 0.5) is 11.4 Å². The highest BCUT2D eigenvalue weighted by Gasteiger charge is 2.40. The van der Waals surface area contributed by atoms with Crippen LogP contribution in [0.3, 0.4) is 0 Å². The molecule has 1 fully saturated rings. The molecule has 39 heavy (non-hydrogen) atoms. The minimum atomic E-state index is -0.656. The predicted octanol–water partition coefficient (Wildman–Crippen LogP) is 4.45. The number of rotatable bonds is 8. The lowest BCUT2D eigenvalue weighted by atomic mass is 9.93. The monoisotopic (exact) mass is 528 g/mol. The second-order valence-corrected chi connectivity index (χ2v) is 10.8. The highest BCUT2D eigenvalue weighted by molar-refractivity contribution is 6.01. The van der Waals surface area contributed by atoms with E-state index >= 15 is 0 Å². The summed E-state index contributed by atoms with van der Waals surface area (Å²) >= 11 is 0. The van der Waals surface area contributed by atoms with E-state index in [9.17, 15) is 14.4 Å². The van der Waals surface area contributed by atoms with Crippen molar-refractivity contribution in [3.05, 3.63) is 90.0 Å². The standard InChI is InChI=1S/C31H33N3O5/c1-21-15-16-34(2,18-26(35)23-13-14-27-25(17-23)33-29(36)20-38-27)19-28(21)39-31(37)30(22-9-5-3-6-10-22)32-24-11-7-4-8-12-24/h3-14,17,21,28,30,32H,15-16,18-20H2,1-2H3/p+1/t21?,28-,30+,34?/m0/s1. The van der Waals surface area contributed by atoms with E-state index in [4.69, 9.17) is 9.47 Å². The van der Waals surface area contributed by atoms with Crippen molar-refractivity contribution >= 4 is 29.0 Å². The van der Waals surface area contributed by atoms with Crippen LogP contribution in [0.2, 0.25) is 0 Å². The van der Waals surface area contributed by atoms with Crippen LogP contribution < -0.4 is 15.4 Å². The van der Waals surface area contributed by atoms with Crippen molar-refractivity contribution in [3.8, 4) is 5.75 Å². The molecule has 8 heteroatoms. The molecule has 2 N–H and O–H groups in total. The lowest BCUT2D eigenvalue weighted by molar-refractivity contribution is -0.910. The first kappa shape index (κ1) is 26.4. The zero-order valence-electron chi connectivity index (χ0n) is 22.3. The number of Topliss-reactive ketones (excluding diaryl/α,β-unsaturated/α-hetero) is 1. The number of piperidine rings is 1. The number of likely N-dealkylation sites (tertiary alicyclic amines) is 1. The van der Waals surface area contributed by atoms with Crippen LogP contribution in [0.1, 0.15) is 35.3 Å². The number of amides is 1. The molecule has 0 radical (unpaired) electrons. The Bertz CT molecular complexity index is 1350. The quantitative estimate of drug-likeness (QED) is 0.255. The molecule has 2 aliphatic rings. The number of para-hydroxylation sites is 1. The number of ether oxygens (including phenoxy) is 2. The third-order valence-electron chi connectivity index (χ3n) is 7.56. The number of nitrogens with one attached hydrogen (secondary N) is 2. The van der Waals surface area contributed by atoms with E-state index in [1.807, 2.05) is 67.7 Å². The normalized spacial score (nSPS) is 23.0. The Kier molecular flexibility index (Phi) is 7.65. The van der Waals surface area contributed by atoms with Crippen LogP contribution in [0.5, 0.6) is 5.75 Å². The van der Waals surface area contributed by atoms with Gasteiger partial charge in [-0.15, -0.1) is 0 Å².